The number of halogens is 1. The van der Waals surface area contributed by atoms with Crippen LogP contribution >= 0.6 is 11.6 Å². The number of rotatable bonds is 6. The molecule has 1 aliphatic rings. The minimum Gasteiger partial charge on any atom is -0.497 e. The van der Waals surface area contributed by atoms with E-state index < -0.39 is 5.91 Å². The molecule has 6 nitrogen and oxygen atoms in total. The Bertz CT molecular complexity index is 917. The molecule has 0 aromatic heterocycles. The number of nitriles is 1. The number of methoxy groups -OCH3 is 1. The topological polar surface area (TPSA) is 80.6 Å². The van der Waals surface area contributed by atoms with Crippen LogP contribution in [0.2, 0.25) is 5.02 Å². The van der Waals surface area contributed by atoms with Gasteiger partial charge in [0.2, 0.25) is 6.79 Å². The van der Waals surface area contributed by atoms with Crippen LogP contribution in [0.3, 0.4) is 0 Å². The molecule has 1 N–H and O–H groups in total. The molecule has 0 saturated carbocycles. The van der Waals surface area contributed by atoms with Gasteiger partial charge in [-0.3, -0.25) is 4.79 Å². The number of carbonyl (C=O) groups excluding carboxylic acids is 1. The maximum Gasteiger partial charge on any atom is 0.261 e. The van der Waals surface area contributed by atoms with E-state index in [1.165, 1.54) is 6.08 Å². The molecular formula is C20H17ClN2O4. The monoisotopic (exact) mass is 384 g/mol. The van der Waals surface area contributed by atoms with E-state index in [4.69, 9.17) is 25.8 Å². The molecule has 0 spiro atoms. The van der Waals surface area contributed by atoms with Crippen LogP contribution in [-0.4, -0.2) is 26.4 Å². The normalized spacial score (nSPS) is 12.4. The van der Waals surface area contributed by atoms with Crippen LogP contribution in [0.1, 0.15) is 11.1 Å². The first-order chi connectivity index (χ1) is 13.1. The minimum absolute atomic E-state index is 0.0366. The molecule has 27 heavy (non-hydrogen) atoms. The summed E-state index contributed by atoms with van der Waals surface area (Å²) in [6.07, 6.45) is 2.08. The van der Waals surface area contributed by atoms with Gasteiger partial charge in [0.15, 0.2) is 11.5 Å². The van der Waals surface area contributed by atoms with Crippen LogP contribution in [0.25, 0.3) is 6.08 Å². The summed E-state index contributed by atoms with van der Waals surface area (Å²) in [7, 11) is 1.61. The zero-order valence-electron chi connectivity index (χ0n) is 14.6. The lowest BCUT2D eigenvalue weighted by Crippen LogP contribution is -2.26. The molecule has 1 aliphatic heterocycles. The summed E-state index contributed by atoms with van der Waals surface area (Å²) in [5.74, 6) is 1.39. The second-order valence-corrected chi connectivity index (χ2v) is 6.16. The van der Waals surface area contributed by atoms with Crippen LogP contribution in [0.15, 0.2) is 42.0 Å². The van der Waals surface area contributed by atoms with Crippen molar-refractivity contribution in [1.29, 1.82) is 5.26 Å². The molecule has 2 aromatic carbocycles. The van der Waals surface area contributed by atoms with Gasteiger partial charge >= 0.3 is 0 Å². The van der Waals surface area contributed by atoms with E-state index in [1.54, 1.807) is 19.2 Å². The molecule has 3 rings (SSSR count). The zero-order chi connectivity index (χ0) is 19.2. The Morgan fingerprint density at radius 2 is 2.00 bits per heavy atom. The Balaban J connectivity index is 1.64. The average Bonchev–Trinajstić information content (AvgIpc) is 3.13. The quantitative estimate of drug-likeness (QED) is 0.610. The fraction of sp³-hybridized carbons (Fsp3) is 0.200. The fourth-order valence-electron chi connectivity index (χ4n) is 2.56. The van der Waals surface area contributed by atoms with Crippen molar-refractivity contribution in [1.82, 2.24) is 5.32 Å². The van der Waals surface area contributed by atoms with E-state index in [0.717, 1.165) is 11.3 Å². The van der Waals surface area contributed by atoms with Gasteiger partial charge in [-0.05, 0) is 41.8 Å². The van der Waals surface area contributed by atoms with Crippen molar-refractivity contribution >= 4 is 23.6 Å². The van der Waals surface area contributed by atoms with Gasteiger partial charge in [0.25, 0.3) is 5.91 Å². The van der Waals surface area contributed by atoms with Crippen LogP contribution < -0.4 is 19.5 Å². The predicted molar refractivity (Wildman–Crippen MR) is 101 cm³/mol. The average molecular weight is 385 g/mol. The lowest BCUT2D eigenvalue weighted by atomic mass is 10.1. The van der Waals surface area contributed by atoms with Crippen molar-refractivity contribution in [3.05, 3.63) is 58.1 Å². The van der Waals surface area contributed by atoms with Crippen molar-refractivity contribution in [3.8, 4) is 23.3 Å². The van der Waals surface area contributed by atoms with Gasteiger partial charge in [0.1, 0.15) is 17.4 Å². The van der Waals surface area contributed by atoms with E-state index in [9.17, 15) is 10.1 Å². The van der Waals surface area contributed by atoms with Crippen LogP contribution in [-0.2, 0) is 11.2 Å². The van der Waals surface area contributed by atoms with Crippen molar-refractivity contribution in [2.45, 2.75) is 6.42 Å². The lowest BCUT2D eigenvalue weighted by molar-refractivity contribution is -0.117. The summed E-state index contributed by atoms with van der Waals surface area (Å²) >= 11 is 6.19. The third kappa shape index (κ3) is 4.52. The molecule has 0 saturated heterocycles. The summed E-state index contributed by atoms with van der Waals surface area (Å²) in [5.41, 5.74) is 1.53. The highest BCUT2D eigenvalue weighted by Gasteiger charge is 2.17. The van der Waals surface area contributed by atoms with Gasteiger partial charge in [-0.25, -0.2) is 0 Å². The lowest BCUT2D eigenvalue weighted by Gasteiger charge is -2.06. The number of hydrogen-bond acceptors (Lipinski definition) is 5. The van der Waals surface area contributed by atoms with Crippen molar-refractivity contribution < 1.29 is 19.0 Å². The van der Waals surface area contributed by atoms with Gasteiger partial charge in [0.05, 0.1) is 12.1 Å². The number of ether oxygens (including phenoxy) is 3. The maximum absolute atomic E-state index is 12.3. The first-order valence-electron chi connectivity index (χ1n) is 8.23. The molecule has 2 aromatic rings. The molecule has 138 valence electrons. The standard InChI is InChI=1S/C20H17ClN2O4/c1-25-16-4-2-13(3-5-16)6-7-23-20(24)15(11-22)8-14-9-18-19(10-17(14)21)27-12-26-18/h2-5,8-10H,6-7,12H2,1H3,(H,23,24). The minimum atomic E-state index is -0.459. The number of nitrogens with zero attached hydrogens (tertiary/aromatic N) is 1. The van der Waals surface area contributed by atoms with E-state index in [1.807, 2.05) is 30.3 Å². The number of hydrogen-bond donors (Lipinski definition) is 1. The molecule has 0 atom stereocenters. The Morgan fingerprint density at radius 1 is 1.30 bits per heavy atom. The molecule has 0 unspecified atom stereocenters. The number of carbonyl (C=O) groups is 1. The Hall–Kier alpha value is -3.17. The van der Waals surface area contributed by atoms with E-state index in [0.29, 0.717) is 35.1 Å². The molecule has 1 heterocycles. The Morgan fingerprint density at radius 3 is 2.67 bits per heavy atom. The van der Waals surface area contributed by atoms with Crippen molar-refractivity contribution in [2.75, 3.05) is 20.4 Å². The highest BCUT2D eigenvalue weighted by Crippen LogP contribution is 2.37. The van der Waals surface area contributed by atoms with E-state index >= 15 is 0 Å². The number of amides is 1. The number of benzene rings is 2. The molecule has 7 heteroatoms. The van der Waals surface area contributed by atoms with Crippen LogP contribution in [0.5, 0.6) is 17.2 Å². The fourth-order valence-corrected chi connectivity index (χ4v) is 2.76. The largest absolute Gasteiger partial charge is 0.497 e. The first kappa shape index (κ1) is 18.6. The molecule has 1 amide bonds. The van der Waals surface area contributed by atoms with Crippen molar-refractivity contribution in [3.63, 3.8) is 0 Å². The summed E-state index contributed by atoms with van der Waals surface area (Å²) < 4.78 is 15.7. The van der Waals surface area contributed by atoms with E-state index in [2.05, 4.69) is 5.32 Å². The van der Waals surface area contributed by atoms with E-state index in [-0.39, 0.29) is 12.4 Å². The predicted octanol–water partition coefficient (Wildman–Crippen LogP) is 3.34. The highest BCUT2D eigenvalue weighted by molar-refractivity contribution is 6.32. The van der Waals surface area contributed by atoms with Gasteiger partial charge in [-0.2, -0.15) is 5.26 Å². The second-order valence-electron chi connectivity index (χ2n) is 5.75. The van der Waals surface area contributed by atoms with Crippen LogP contribution in [0.4, 0.5) is 0 Å². The number of nitrogens with one attached hydrogen (secondary N) is 1. The first-order valence-corrected chi connectivity index (χ1v) is 8.60. The van der Waals surface area contributed by atoms with Gasteiger partial charge < -0.3 is 19.5 Å². The second kappa shape index (κ2) is 8.47. The van der Waals surface area contributed by atoms with Gasteiger partial charge in [-0.15, -0.1) is 0 Å². The summed E-state index contributed by atoms with van der Waals surface area (Å²) in [6.45, 7) is 0.523. The van der Waals surface area contributed by atoms with Crippen LogP contribution in [0, 0.1) is 11.3 Å². The Labute approximate surface area is 161 Å². The van der Waals surface area contributed by atoms with Gasteiger partial charge in [-0.1, -0.05) is 23.7 Å². The third-order valence-electron chi connectivity index (χ3n) is 4.02. The van der Waals surface area contributed by atoms with Gasteiger partial charge in [0, 0.05) is 12.6 Å². The highest BCUT2D eigenvalue weighted by atomic mass is 35.5. The molecular weight excluding hydrogens is 368 g/mol. The molecule has 0 radical (unpaired) electrons. The maximum atomic E-state index is 12.3. The summed E-state index contributed by atoms with van der Waals surface area (Å²) in [6, 6.07) is 12.7. The SMILES string of the molecule is COc1ccc(CCNC(=O)C(C#N)=Cc2cc3c(cc2Cl)OCO3)cc1. The molecule has 0 aliphatic carbocycles. The zero-order valence-corrected chi connectivity index (χ0v) is 15.4. The van der Waals surface area contributed by atoms with Crippen molar-refractivity contribution in [2.24, 2.45) is 0 Å². The summed E-state index contributed by atoms with van der Waals surface area (Å²) in [5, 5.41) is 12.4. The molecule has 0 bridgehead atoms. The third-order valence-corrected chi connectivity index (χ3v) is 4.34. The molecule has 0 fully saturated rings. The summed E-state index contributed by atoms with van der Waals surface area (Å²) in [4.78, 5) is 12.3. The smallest absolute Gasteiger partial charge is 0.261 e. The Kier molecular flexibility index (Phi) is 5.84. The number of fused-ring (bicyclic) bond motifs is 1.